The van der Waals surface area contributed by atoms with Crippen LogP contribution in [-0.4, -0.2) is 22.4 Å². The lowest BCUT2D eigenvalue weighted by atomic mass is 9.94. The molecule has 0 spiro atoms. The van der Waals surface area contributed by atoms with Crippen LogP contribution in [0.2, 0.25) is 5.02 Å². The van der Waals surface area contributed by atoms with E-state index in [9.17, 15) is 0 Å². The molecule has 4 aromatic rings. The normalized spacial score (nSPS) is 15.9. The van der Waals surface area contributed by atoms with Gasteiger partial charge in [0, 0.05) is 22.0 Å². The Kier molecular flexibility index (Phi) is 6.04. The second-order valence-corrected chi connectivity index (χ2v) is 8.58. The smallest absolute Gasteiger partial charge is 0.258 e. The first-order valence-corrected chi connectivity index (χ1v) is 11.4. The molecule has 34 heavy (non-hydrogen) atoms. The molecule has 6 nitrogen and oxygen atoms in total. The number of aromatic nitrogens is 2. The minimum absolute atomic E-state index is 0.315. The van der Waals surface area contributed by atoms with Crippen molar-refractivity contribution in [2.24, 2.45) is 0 Å². The highest BCUT2D eigenvalue weighted by atomic mass is 35.5. The molecule has 0 amide bonds. The second kappa shape index (κ2) is 9.29. The lowest BCUT2D eigenvalue weighted by Crippen LogP contribution is -2.46. The van der Waals surface area contributed by atoms with Crippen molar-refractivity contribution in [3.63, 3.8) is 0 Å². The Labute approximate surface area is 207 Å². The third-order valence-corrected chi connectivity index (χ3v) is 6.22. The highest BCUT2D eigenvalue weighted by molar-refractivity contribution is 7.80. The van der Waals surface area contributed by atoms with E-state index >= 15 is 0 Å². The topological polar surface area (TPSA) is 63.4 Å². The van der Waals surface area contributed by atoms with E-state index < -0.39 is 0 Å². The van der Waals surface area contributed by atoms with Gasteiger partial charge in [0.05, 0.1) is 18.7 Å². The molecule has 8 heteroatoms. The van der Waals surface area contributed by atoms with Gasteiger partial charge in [-0.25, -0.2) is 0 Å². The van der Waals surface area contributed by atoms with Crippen LogP contribution in [0, 0.1) is 0 Å². The van der Waals surface area contributed by atoms with Gasteiger partial charge in [0.25, 0.3) is 5.89 Å². The van der Waals surface area contributed by atoms with Gasteiger partial charge in [0.15, 0.2) is 5.11 Å². The van der Waals surface area contributed by atoms with E-state index in [1.54, 1.807) is 7.11 Å². The number of methoxy groups -OCH3 is 1. The highest BCUT2D eigenvalue weighted by Crippen LogP contribution is 2.39. The summed E-state index contributed by atoms with van der Waals surface area (Å²) in [6.45, 7) is 2.00. The summed E-state index contributed by atoms with van der Waals surface area (Å²) in [5.74, 6) is 1.70. The van der Waals surface area contributed by atoms with Crippen molar-refractivity contribution in [2.75, 3.05) is 12.0 Å². The van der Waals surface area contributed by atoms with Crippen molar-refractivity contribution in [1.82, 2.24) is 15.5 Å². The van der Waals surface area contributed by atoms with Gasteiger partial charge >= 0.3 is 0 Å². The number of halogens is 1. The monoisotopic (exact) mass is 488 g/mol. The summed E-state index contributed by atoms with van der Waals surface area (Å²) < 4.78 is 11.1. The molecule has 170 valence electrons. The minimum Gasteiger partial charge on any atom is -0.497 e. The van der Waals surface area contributed by atoms with E-state index in [0.29, 0.717) is 21.9 Å². The fourth-order valence-electron chi connectivity index (χ4n) is 4.04. The molecule has 0 radical (unpaired) electrons. The van der Waals surface area contributed by atoms with Crippen LogP contribution in [0.1, 0.15) is 24.4 Å². The van der Waals surface area contributed by atoms with E-state index in [4.69, 9.17) is 38.1 Å². The molecular formula is C26H21ClN4O2S. The van der Waals surface area contributed by atoms with Crippen molar-refractivity contribution in [1.29, 1.82) is 0 Å². The van der Waals surface area contributed by atoms with Gasteiger partial charge in [0.1, 0.15) is 5.75 Å². The molecule has 1 aliphatic rings. The average Bonchev–Trinajstić information content (AvgIpc) is 3.34. The predicted octanol–water partition coefficient (Wildman–Crippen LogP) is 6.27. The molecule has 0 aliphatic carbocycles. The first-order valence-electron chi connectivity index (χ1n) is 10.7. The zero-order chi connectivity index (χ0) is 23.7. The van der Waals surface area contributed by atoms with E-state index in [1.807, 2.05) is 90.7 Å². The number of anilines is 1. The second-order valence-electron chi connectivity index (χ2n) is 7.76. The number of benzene rings is 3. The summed E-state index contributed by atoms with van der Waals surface area (Å²) in [7, 11) is 1.64. The number of nitrogens with zero attached hydrogens (tertiary/aromatic N) is 3. The summed E-state index contributed by atoms with van der Waals surface area (Å²) in [6.07, 6.45) is 0. The quantitative estimate of drug-likeness (QED) is 0.332. The van der Waals surface area contributed by atoms with Gasteiger partial charge in [0.2, 0.25) is 5.82 Å². The minimum atomic E-state index is -0.315. The molecule has 5 rings (SSSR count). The van der Waals surface area contributed by atoms with Gasteiger partial charge in [-0.15, -0.1) is 0 Å². The lowest BCUT2D eigenvalue weighted by Gasteiger charge is -2.37. The van der Waals surface area contributed by atoms with E-state index in [2.05, 4.69) is 10.5 Å². The fourth-order valence-corrected chi connectivity index (χ4v) is 4.59. The van der Waals surface area contributed by atoms with E-state index in [1.165, 1.54) is 0 Å². The zero-order valence-corrected chi connectivity index (χ0v) is 20.1. The Morgan fingerprint density at radius 2 is 1.79 bits per heavy atom. The molecule has 0 bridgehead atoms. The lowest BCUT2D eigenvalue weighted by molar-refractivity contribution is 0.404. The van der Waals surface area contributed by atoms with E-state index in [-0.39, 0.29) is 6.04 Å². The maximum absolute atomic E-state index is 6.32. The molecule has 3 aromatic carbocycles. The third kappa shape index (κ3) is 4.16. The van der Waals surface area contributed by atoms with Crippen LogP contribution >= 0.6 is 23.8 Å². The molecule has 1 atom stereocenters. The Morgan fingerprint density at radius 3 is 2.50 bits per heavy atom. The summed E-state index contributed by atoms with van der Waals surface area (Å²) in [6, 6.07) is 24.8. The van der Waals surface area contributed by atoms with Crippen molar-refractivity contribution in [3.8, 4) is 17.1 Å². The van der Waals surface area contributed by atoms with Crippen LogP contribution in [0.3, 0.4) is 0 Å². The number of thiocarbonyl (C=S) groups is 1. The molecule has 0 fully saturated rings. The van der Waals surface area contributed by atoms with Crippen molar-refractivity contribution in [2.45, 2.75) is 13.0 Å². The van der Waals surface area contributed by atoms with Crippen LogP contribution in [0.25, 0.3) is 17.0 Å². The van der Waals surface area contributed by atoms with Crippen LogP contribution in [0.15, 0.2) is 89.1 Å². The zero-order valence-electron chi connectivity index (χ0n) is 18.5. The highest BCUT2D eigenvalue weighted by Gasteiger charge is 2.34. The Hall–Kier alpha value is -3.68. The van der Waals surface area contributed by atoms with Crippen molar-refractivity contribution < 1.29 is 9.26 Å². The van der Waals surface area contributed by atoms with Crippen LogP contribution < -0.4 is 15.0 Å². The number of rotatable bonds is 5. The van der Waals surface area contributed by atoms with Crippen molar-refractivity contribution in [3.05, 3.63) is 101 Å². The third-order valence-electron chi connectivity index (χ3n) is 5.69. The number of hydrogen-bond donors (Lipinski definition) is 1. The van der Waals surface area contributed by atoms with Crippen LogP contribution in [-0.2, 0) is 0 Å². The number of nitrogens with one attached hydrogen (secondary N) is 1. The Balaban J connectivity index is 1.65. The van der Waals surface area contributed by atoms with Crippen molar-refractivity contribution >= 4 is 40.2 Å². The molecule has 1 N–H and O–H groups in total. The van der Waals surface area contributed by atoms with Gasteiger partial charge in [-0.05, 0) is 61.1 Å². The molecule has 1 aliphatic heterocycles. The fraction of sp³-hybridized carbons (Fsp3) is 0.115. The summed E-state index contributed by atoms with van der Waals surface area (Å²) in [5, 5.41) is 8.88. The summed E-state index contributed by atoms with van der Waals surface area (Å²) in [4.78, 5) is 6.69. The maximum atomic E-state index is 6.32. The summed E-state index contributed by atoms with van der Waals surface area (Å²) >= 11 is 12.1. The molecule has 0 saturated carbocycles. The van der Waals surface area contributed by atoms with E-state index in [0.717, 1.165) is 33.8 Å². The van der Waals surface area contributed by atoms with Gasteiger partial charge in [-0.1, -0.05) is 59.2 Å². The molecule has 1 unspecified atom stereocenters. The standard InChI is InChI=1S/C26H21ClN4O2S/c1-16-22(25-29-24(30-33-25)17-7-4-3-5-8-17)23(18-9-6-10-19(27)15-18)28-26(34)31(16)20-11-13-21(32-2)14-12-20/h3-15,23H,1-2H3,(H,28,34). The number of allylic oxidation sites excluding steroid dienone is 1. The molecule has 1 aromatic heterocycles. The number of ether oxygens (including phenoxy) is 1. The molecule has 0 saturated heterocycles. The van der Waals surface area contributed by atoms with Gasteiger partial charge in [-0.3, -0.25) is 4.90 Å². The Bertz CT molecular complexity index is 1370. The predicted molar refractivity (Wildman–Crippen MR) is 138 cm³/mol. The Morgan fingerprint density at radius 1 is 1.03 bits per heavy atom. The average molecular weight is 489 g/mol. The van der Waals surface area contributed by atoms with Gasteiger partial charge in [-0.2, -0.15) is 4.98 Å². The largest absolute Gasteiger partial charge is 0.497 e. The van der Waals surface area contributed by atoms with Crippen LogP contribution in [0.5, 0.6) is 5.75 Å². The summed E-state index contributed by atoms with van der Waals surface area (Å²) in [5.41, 5.74) is 4.41. The SMILES string of the molecule is COc1ccc(N2C(=S)NC(c3cccc(Cl)c3)C(c3nc(-c4ccccc4)no3)=C2C)cc1. The first-order chi connectivity index (χ1) is 16.5. The van der Waals surface area contributed by atoms with Gasteiger partial charge < -0.3 is 14.6 Å². The van der Waals surface area contributed by atoms with Crippen LogP contribution in [0.4, 0.5) is 5.69 Å². The molecule has 2 heterocycles. The number of hydrogen-bond acceptors (Lipinski definition) is 5. The maximum Gasteiger partial charge on any atom is 0.258 e. The first kappa shape index (κ1) is 22.1. The molecular weight excluding hydrogens is 468 g/mol.